The molecular formula is C24H24N6O3S. The zero-order chi connectivity index (χ0) is 25.3. The highest BCUT2D eigenvalue weighted by atomic mass is 32.1. The molecule has 0 aliphatic rings. The molecule has 2 amide bonds. The number of aromatic nitrogens is 2. The van der Waals surface area contributed by atoms with Crippen LogP contribution in [0.4, 0.5) is 11.6 Å². The summed E-state index contributed by atoms with van der Waals surface area (Å²) >= 11 is 1.03. The summed E-state index contributed by atoms with van der Waals surface area (Å²) in [5.74, 6) is 2.24. The van der Waals surface area contributed by atoms with Gasteiger partial charge in [0, 0.05) is 18.2 Å². The van der Waals surface area contributed by atoms with Crippen LogP contribution in [-0.4, -0.2) is 27.9 Å². The molecule has 2 rings (SSSR count). The van der Waals surface area contributed by atoms with E-state index in [-0.39, 0.29) is 28.1 Å². The Kier molecular flexibility index (Phi) is 8.78. The van der Waals surface area contributed by atoms with Gasteiger partial charge in [-0.25, -0.2) is 4.98 Å². The van der Waals surface area contributed by atoms with Crippen LogP contribution in [-0.2, 0) is 16.1 Å². The molecule has 0 spiro atoms. The van der Waals surface area contributed by atoms with E-state index in [9.17, 15) is 19.6 Å². The lowest BCUT2D eigenvalue weighted by atomic mass is 9.96. The van der Waals surface area contributed by atoms with E-state index in [4.69, 9.17) is 6.42 Å². The smallest absolute Gasteiger partial charge is 0.277 e. The second kappa shape index (κ2) is 11.5. The molecule has 0 radical (unpaired) electrons. The summed E-state index contributed by atoms with van der Waals surface area (Å²) in [5, 5.41) is 17.3. The standard InChI is InChI=1S/C24H24N6O3S/c1-6-12-27-21(31)16(15-25)14-20-30(7-2)22(32)17(34-20)11-13-26-18-9-8-10-19(28-18)29-23(33)24(3,4)5/h1,8-10,13H,7,12H2,2-5H3,(H,27,31)(H2,26,28,29,33). The number of hydrogen-bond donors (Lipinski definition) is 3. The quantitative estimate of drug-likeness (QED) is 0.323. The Morgan fingerprint density at radius 2 is 2.00 bits per heavy atom. The number of amides is 2. The van der Waals surface area contributed by atoms with Gasteiger partial charge < -0.3 is 16.0 Å². The molecule has 0 saturated carbocycles. The maximum absolute atomic E-state index is 12.7. The highest BCUT2D eigenvalue weighted by Crippen LogP contribution is 2.17. The summed E-state index contributed by atoms with van der Waals surface area (Å²) in [5.41, 5.74) is 4.36. The zero-order valence-electron chi connectivity index (χ0n) is 19.3. The topological polar surface area (TPSA) is 129 Å². The number of hydrogen-bond acceptors (Lipinski definition) is 7. The monoisotopic (exact) mass is 476 g/mol. The summed E-state index contributed by atoms with van der Waals surface area (Å²) < 4.78 is 1.93. The number of nitrogens with one attached hydrogen (secondary N) is 3. The summed E-state index contributed by atoms with van der Waals surface area (Å²) in [6.45, 7) is 7.45. The van der Waals surface area contributed by atoms with Gasteiger partial charge in [-0.15, -0.1) is 6.42 Å². The molecule has 0 saturated heterocycles. The number of thiazole rings is 1. The van der Waals surface area contributed by atoms with Crippen molar-refractivity contribution in [2.75, 3.05) is 17.2 Å². The van der Waals surface area contributed by atoms with Gasteiger partial charge in [-0.3, -0.25) is 19.0 Å². The minimum absolute atomic E-state index is 0.0285. The predicted octanol–water partition coefficient (Wildman–Crippen LogP) is 0.893. The second-order valence-corrected chi connectivity index (χ2v) is 8.83. The van der Waals surface area contributed by atoms with E-state index in [1.807, 2.05) is 0 Å². The molecule has 0 bridgehead atoms. The molecule has 0 aliphatic carbocycles. The van der Waals surface area contributed by atoms with Crippen LogP contribution >= 0.6 is 11.3 Å². The molecule has 2 aromatic heterocycles. The molecular weight excluding hydrogens is 452 g/mol. The van der Waals surface area contributed by atoms with Crippen molar-refractivity contribution in [2.45, 2.75) is 34.2 Å². The Bertz CT molecular complexity index is 1430. The molecule has 0 aliphatic heterocycles. The SMILES string of the molecule is C#CCNC(=O)C(=C=c1sc(=C=CNc2cccc(NC(=O)C(C)(C)C)n2)c(=O)n1CC)C#N. The first-order valence-corrected chi connectivity index (χ1v) is 11.0. The average Bonchev–Trinajstić information content (AvgIpc) is 3.09. The Hall–Kier alpha value is -4.33. The summed E-state index contributed by atoms with van der Waals surface area (Å²) in [6.07, 6.45) is 6.53. The summed E-state index contributed by atoms with van der Waals surface area (Å²) in [6, 6.07) is 6.86. The lowest BCUT2D eigenvalue weighted by Crippen LogP contribution is -2.30. The van der Waals surface area contributed by atoms with Gasteiger partial charge >= 0.3 is 0 Å². The van der Waals surface area contributed by atoms with Crippen LogP contribution < -0.4 is 30.7 Å². The fraction of sp³-hybridized carbons (Fsp3) is 0.292. The molecule has 2 aromatic rings. The average molecular weight is 477 g/mol. The Morgan fingerprint density at radius 3 is 2.62 bits per heavy atom. The van der Waals surface area contributed by atoms with Crippen LogP contribution in [0.2, 0.25) is 0 Å². The van der Waals surface area contributed by atoms with E-state index in [0.29, 0.717) is 22.8 Å². The van der Waals surface area contributed by atoms with Crippen LogP contribution in [0.25, 0.3) is 11.5 Å². The third-order valence-corrected chi connectivity index (χ3v) is 5.23. The van der Waals surface area contributed by atoms with Gasteiger partial charge in [0.05, 0.1) is 6.54 Å². The molecule has 3 N–H and O–H groups in total. The summed E-state index contributed by atoms with van der Waals surface area (Å²) in [4.78, 5) is 41.2. The van der Waals surface area contributed by atoms with E-state index in [1.54, 1.807) is 52.0 Å². The molecule has 174 valence electrons. The molecule has 0 atom stereocenters. The fourth-order valence-electron chi connectivity index (χ4n) is 2.41. The van der Waals surface area contributed by atoms with E-state index in [2.05, 4.69) is 38.3 Å². The fourth-order valence-corrected chi connectivity index (χ4v) is 3.39. The Morgan fingerprint density at radius 1 is 1.29 bits per heavy atom. The van der Waals surface area contributed by atoms with Crippen molar-refractivity contribution >= 4 is 46.2 Å². The van der Waals surface area contributed by atoms with E-state index >= 15 is 0 Å². The highest BCUT2D eigenvalue weighted by molar-refractivity contribution is 7.07. The van der Waals surface area contributed by atoms with Crippen LogP contribution in [0.3, 0.4) is 0 Å². The molecule has 0 aromatic carbocycles. The Labute approximate surface area is 200 Å². The predicted molar refractivity (Wildman–Crippen MR) is 132 cm³/mol. The maximum Gasteiger partial charge on any atom is 0.277 e. The number of carbonyl (C=O) groups excluding carboxylic acids is 2. The highest BCUT2D eigenvalue weighted by Gasteiger charge is 2.21. The Balaban J connectivity index is 2.42. The van der Waals surface area contributed by atoms with E-state index in [1.165, 1.54) is 10.8 Å². The second-order valence-electron chi connectivity index (χ2n) is 7.83. The minimum Gasteiger partial charge on any atom is -0.340 e. The van der Waals surface area contributed by atoms with Crippen LogP contribution in [0, 0.1) is 29.1 Å². The van der Waals surface area contributed by atoms with Gasteiger partial charge in [-0.05, 0) is 19.1 Å². The largest absolute Gasteiger partial charge is 0.340 e. The zero-order valence-corrected chi connectivity index (χ0v) is 20.1. The van der Waals surface area contributed by atoms with Crippen molar-refractivity contribution in [3.05, 3.63) is 49.5 Å². The first-order chi connectivity index (χ1) is 16.1. The number of rotatable bonds is 6. The van der Waals surface area contributed by atoms with E-state index < -0.39 is 11.3 Å². The first kappa shape index (κ1) is 25.9. The van der Waals surface area contributed by atoms with Crippen LogP contribution in [0.1, 0.15) is 27.7 Å². The van der Waals surface area contributed by atoms with Crippen molar-refractivity contribution in [3.63, 3.8) is 0 Å². The minimum atomic E-state index is -0.670. The van der Waals surface area contributed by atoms with Gasteiger partial charge in [-0.2, -0.15) is 5.26 Å². The number of nitrogens with zero attached hydrogens (tertiary/aromatic N) is 3. The molecule has 2 heterocycles. The van der Waals surface area contributed by atoms with Crippen molar-refractivity contribution in [2.24, 2.45) is 5.41 Å². The number of terminal acetylenes is 1. The number of anilines is 2. The third kappa shape index (κ3) is 6.83. The molecule has 0 fully saturated rings. The summed E-state index contributed by atoms with van der Waals surface area (Å²) in [7, 11) is 0. The van der Waals surface area contributed by atoms with Gasteiger partial charge in [0.25, 0.3) is 11.5 Å². The number of pyridine rings is 1. The van der Waals surface area contributed by atoms with E-state index in [0.717, 1.165) is 11.3 Å². The van der Waals surface area contributed by atoms with Crippen molar-refractivity contribution in [1.29, 1.82) is 5.26 Å². The van der Waals surface area contributed by atoms with Crippen molar-refractivity contribution in [3.8, 4) is 18.4 Å². The van der Waals surface area contributed by atoms with Crippen LogP contribution in [0.5, 0.6) is 0 Å². The van der Waals surface area contributed by atoms with Gasteiger partial charge in [0.1, 0.15) is 26.9 Å². The first-order valence-electron chi connectivity index (χ1n) is 10.2. The van der Waals surface area contributed by atoms with Crippen molar-refractivity contribution < 1.29 is 9.59 Å². The maximum atomic E-state index is 12.7. The molecule has 10 heteroatoms. The number of nitriles is 1. The normalized spacial score (nSPS) is 10.1. The third-order valence-electron chi connectivity index (χ3n) is 4.22. The lowest BCUT2D eigenvalue weighted by Gasteiger charge is -2.17. The van der Waals surface area contributed by atoms with Gasteiger partial charge in [0.15, 0.2) is 5.57 Å². The van der Waals surface area contributed by atoms with Gasteiger partial charge in [-0.1, -0.05) is 55.6 Å². The van der Waals surface area contributed by atoms with Gasteiger partial charge in [0.2, 0.25) is 5.91 Å². The molecule has 9 nitrogen and oxygen atoms in total. The molecule has 0 unspecified atom stereocenters. The lowest BCUT2D eigenvalue weighted by molar-refractivity contribution is -0.123. The van der Waals surface area contributed by atoms with Crippen molar-refractivity contribution in [1.82, 2.24) is 14.9 Å². The van der Waals surface area contributed by atoms with Crippen LogP contribution in [0.15, 0.2) is 34.8 Å². The molecule has 34 heavy (non-hydrogen) atoms. The number of carbonyl (C=O) groups is 2.